The monoisotopic (exact) mass is 138 g/mol. The Balaban J connectivity index is 3.32. The van der Waals surface area contributed by atoms with Gasteiger partial charge in [0.1, 0.15) is 5.37 Å². The van der Waals surface area contributed by atoms with Crippen molar-refractivity contribution in [2.75, 3.05) is 6.54 Å². The molecule has 0 rings (SSSR count). The fraction of sp³-hybridized carbons (Fsp3) is 1.00. The van der Waals surface area contributed by atoms with Gasteiger partial charge in [0.15, 0.2) is 11.1 Å². The lowest BCUT2D eigenvalue weighted by Gasteiger charge is -2.01. The first-order valence-electron chi connectivity index (χ1n) is 2.23. The van der Waals surface area contributed by atoms with Crippen LogP contribution in [-0.4, -0.2) is 20.7 Å². The van der Waals surface area contributed by atoms with Crippen LogP contribution in [0.5, 0.6) is 0 Å². The molecular formula is C3H10N2O2S. The second-order valence-electron chi connectivity index (χ2n) is 1.39. The highest BCUT2D eigenvalue weighted by molar-refractivity contribution is 7.79. The van der Waals surface area contributed by atoms with Gasteiger partial charge in [-0.25, -0.2) is 4.21 Å². The van der Waals surface area contributed by atoms with Crippen molar-refractivity contribution in [1.82, 2.24) is 0 Å². The van der Waals surface area contributed by atoms with E-state index in [2.05, 4.69) is 0 Å². The third kappa shape index (κ3) is 3.09. The molecule has 0 aromatic rings. The molecule has 0 aliphatic carbocycles. The van der Waals surface area contributed by atoms with Gasteiger partial charge in [0.2, 0.25) is 0 Å². The maximum atomic E-state index is 10.0. The van der Waals surface area contributed by atoms with Crippen molar-refractivity contribution in [1.29, 1.82) is 0 Å². The van der Waals surface area contributed by atoms with Crippen molar-refractivity contribution < 1.29 is 8.76 Å². The molecule has 0 saturated heterocycles. The number of hydrogen-bond donors (Lipinski definition) is 3. The summed E-state index contributed by atoms with van der Waals surface area (Å²) in [4.78, 5) is 0. The van der Waals surface area contributed by atoms with E-state index in [0.717, 1.165) is 0 Å². The van der Waals surface area contributed by atoms with Gasteiger partial charge in [0, 0.05) is 0 Å². The molecule has 0 aliphatic rings. The maximum absolute atomic E-state index is 10.0. The molecule has 2 unspecified atom stereocenters. The zero-order valence-electron chi connectivity index (χ0n) is 4.41. The van der Waals surface area contributed by atoms with Crippen molar-refractivity contribution in [2.24, 2.45) is 11.5 Å². The summed E-state index contributed by atoms with van der Waals surface area (Å²) < 4.78 is 18.3. The van der Waals surface area contributed by atoms with E-state index in [1.807, 2.05) is 0 Å². The second-order valence-corrected chi connectivity index (χ2v) is 2.55. The van der Waals surface area contributed by atoms with Gasteiger partial charge < -0.3 is 16.0 Å². The van der Waals surface area contributed by atoms with Crippen molar-refractivity contribution in [3.05, 3.63) is 0 Å². The lowest BCUT2D eigenvalue weighted by atomic mass is 10.4. The molecule has 8 heavy (non-hydrogen) atoms. The summed E-state index contributed by atoms with van der Waals surface area (Å²) in [7, 11) is 0. The molecule has 0 bridgehead atoms. The molecule has 50 valence electrons. The van der Waals surface area contributed by atoms with Crippen LogP contribution in [-0.2, 0) is 11.1 Å². The second kappa shape index (κ2) is 3.96. The van der Waals surface area contributed by atoms with Gasteiger partial charge in [-0.2, -0.15) is 0 Å². The number of nitrogens with two attached hydrogens (primary N) is 2. The summed E-state index contributed by atoms with van der Waals surface area (Å²) in [5.74, 6) is 0. The molecule has 0 heterocycles. The van der Waals surface area contributed by atoms with E-state index in [9.17, 15) is 4.21 Å². The van der Waals surface area contributed by atoms with Crippen molar-refractivity contribution in [3.8, 4) is 0 Å². The Morgan fingerprint density at radius 1 is 1.75 bits per heavy atom. The molecule has 0 saturated carbocycles. The third-order valence-corrected chi connectivity index (χ3v) is 1.46. The van der Waals surface area contributed by atoms with Crippen LogP contribution in [0, 0.1) is 0 Å². The first kappa shape index (κ1) is 8.03. The molecule has 0 aliphatic heterocycles. The van der Waals surface area contributed by atoms with Crippen LogP contribution >= 0.6 is 0 Å². The summed E-state index contributed by atoms with van der Waals surface area (Å²) in [5.41, 5.74) is 10.1. The van der Waals surface area contributed by atoms with Crippen molar-refractivity contribution in [3.63, 3.8) is 0 Å². The Morgan fingerprint density at radius 3 is 2.38 bits per heavy atom. The third-order valence-electron chi connectivity index (χ3n) is 0.710. The predicted molar refractivity (Wildman–Crippen MR) is 32.4 cm³/mol. The van der Waals surface area contributed by atoms with Gasteiger partial charge in [-0.05, 0) is 13.0 Å². The quantitative estimate of drug-likeness (QED) is 0.429. The van der Waals surface area contributed by atoms with Crippen molar-refractivity contribution >= 4 is 11.1 Å². The molecule has 0 radical (unpaired) electrons. The summed E-state index contributed by atoms with van der Waals surface area (Å²) >= 11 is -1.91. The fourth-order valence-electron chi connectivity index (χ4n) is 0.265. The number of hydrogen-bond acceptors (Lipinski definition) is 3. The smallest absolute Gasteiger partial charge is 0.170 e. The van der Waals surface area contributed by atoms with Crippen LogP contribution in [0.2, 0.25) is 0 Å². The van der Waals surface area contributed by atoms with Crippen LogP contribution in [0.3, 0.4) is 0 Å². The zero-order valence-corrected chi connectivity index (χ0v) is 5.23. The largest absolute Gasteiger partial charge is 0.330 e. The topological polar surface area (TPSA) is 89.3 Å². The SMILES string of the molecule is NCCC(N)S(=O)O. The highest BCUT2D eigenvalue weighted by atomic mass is 32.2. The molecule has 0 spiro atoms. The molecule has 0 fully saturated rings. The Morgan fingerprint density at radius 2 is 2.25 bits per heavy atom. The molecule has 2 atom stereocenters. The Labute approximate surface area is 50.5 Å². The summed E-state index contributed by atoms with van der Waals surface area (Å²) in [5, 5.41) is -0.681. The van der Waals surface area contributed by atoms with Crippen LogP contribution in [0.4, 0.5) is 0 Å². The van der Waals surface area contributed by atoms with Gasteiger partial charge in [-0.3, -0.25) is 0 Å². The first-order valence-corrected chi connectivity index (χ1v) is 3.40. The number of rotatable bonds is 3. The van der Waals surface area contributed by atoms with Crippen LogP contribution < -0.4 is 11.5 Å². The van der Waals surface area contributed by atoms with E-state index in [0.29, 0.717) is 13.0 Å². The van der Waals surface area contributed by atoms with Gasteiger partial charge in [0.05, 0.1) is 0 Å². The summed E-state index contributed by atoms with van der Waals surface area (Å²) in [6, 6.07) is 0. The predicted octanol–water partition coefficient (Wildman–Crippen LogP) is -1.16. The molecular weight excluding hydrogens is 128 g/mol. The lowest BCUT2D eigenvalue weighted by molar-refractivity contribution is 0.543. The summed E-state index contributed by atoms with van der Waals surface area (Å²) in [6.45, 7) is 0.355. The minimum absolute atomic E-state index is 0.355. The van der Waals surface area contributed by atoms with Crippen molar-refractivity contribution in [2.45, 2.75) is 11.8 Å². The molecule has 5 heteroatoms. The van der Waals surface area contributed by atoms with E-state index in [4.69, 9.17) is 16.0 Å². The van der Waals surface area contributed by atoms with E-state index >= 15 is 0 Å². The standard InChI is InChI=1S/C3H10N2O2S/c4-2-1-3(5)8(6)7/h3H,1-2,4-5H2,(H,6,7). The van der Waals surface area contributed by atoms with Crippen LogP contribution in [0.25, 0.3) is 0 Å². The Bertz CT molecular complexity index is 87.4. The van der Waals surface area contributed by atoms with Gasteiger partial charge >= 0.3 is 0 Å². The van der Waals surface area contributed by atoms with E-state index in [1.165, 1.54) is 0 Å². The van der Waals surface area contributed by atoms with Gasteiger partial charge in [-0.15, -0.1) is 0 Å². The van der Waals surface area contributed by atoms with Crippen LogP contribution in [0.15, 0.2) is 0 Å². The molecule has 0 amide bonds. The normalized spacial score (nSPS) is 17.9. The van der Waals surface area contributed by atoms with E-state index in [1.54, 1.807) is 0 Å². The molecule has 0 aromatic heterocycles. The minimum Gasteiger partial charge on any atom is -0.330 e. The average molecular weight is 138 g/mol. The highest BCUT2D eigenvalue weighted by Crippen LogP contribution is 1.87. The van der Waals surface area contributed by atoms with E-state index in [-0.39, 0.29) is 0 Å². The molecule has 4 nitrogen and oxygen atoms in total. The summed E-state index contributed by atoms with van der Waals surface area (Å²) in [6.07, 6.45) is 0.392. The van der Waals surface area contributed by atoms with Crippen LogP contribution in [0.1, 0.15) is 6.42 Å². The Kier molecular flexibility index (Phi) is 3.98. The maximum Gasteiger partial charge on any atom is 0.170 e. The fourth-order valence-corrected chi connectivity index (χ4v) is 0.603. The lowest BCUT2D eigenvalue weighted by Crippen LogP contribution is -2.27. The van der Waals surface area contributed by atoms with Gasteiger partial charge in [-0.1, -0.05) is 0 Å². The molecule has 0 aromatic carbocycles. The average Bonchev–Trinajstić information content (AvgIpc) is 1.67. The van der Waals surface area contributed by atoms with Gasteiger partial charge in [0.25, 0.3) is 0 Å². The first-order chi connectivity index (χ1) is 3.68. The van der Waals surface area contributed by atoms with E-state index < -0.39 is 16.5 Å². The Hall–Kier alpha value is 0.0300. The zero-order chi connectivity index (χ0) is 6.57. The molecule has 5 N–H and O–H groups in total. The minimum atomic E-state index is -1.91. The highest BCUT2D eigenvalue weighted by Gasteiger charge is 2.05.